The van der Waals surface area contributed by atoms with E-state index in [0.29, 0.717) is 30.1 Å². The molecular weight excluding hydrogens is 418 g/mol. The van der Waals surface area contributed by atoms with Gasteiger partial charge in [0.05, 0.1) is 11.2 Å². The van der Waals surface area contributed by atoms with Crippen LogP contribution in [0, 0.1) is 0 Å². The number of ether oxygens (including phenoxy) is 1. The largest absolute Gasteiger partial charge is 0.421 e. The summed E-state index contributed by atoms with van der Waals surface area (Å²) in [4.78, 5) is 31.8. The Kier molecular flexibility index (Phi) is 5.43. The van der Waals surface area contributed by atoms with Gasteiger partial charge in [-0.25, -0.2) is 19.9 Å². The highest BCUT2D eigenvalue weighted by atomic mass is 16.5. The van der Waals surface area contributed by atoms with Crippen LogP contribution < -0.4 is 10.5 Å². The number of anilines is 1. The Balaban J connectivity index is 1.50. The monoisotopic (exact) mass is 441 g/mol. The molecule has 33 heavy (non-hydrogen) atoms. The number of likely N-dealkylation sites (tertiary alicyclic amines) is 1. The quantitative estimate of drug-likeness (QED) is 0.472. The predicted molar refractivity (Wildman–Crippen MR) is 124 cm³/mol. The van der Waals surface area contributed by atoms with Crippen molar-refractivity contribution in [2.24, 2.45) is 0 Å². The first-order chi connectivity index (χ1) is 16.1. The molecule has 0 radical (unpaired) electrons. The van der Waals surface area contributed by atoms with Crippen molar-refractivity contribution < 1.29 is 9.53 Å². The summed E-state index contributed by atoms with van der Waals surface area (Å²) >= 11 is 0. The number of piperidine rings is 1. The first-order valence-electron chi connectivity index (χ1n) is 10.7. The van der Waals surface area contributed by atoms with Crippen LogP contribution in [-0.4, -0.2) is 48.2 Å². The van der Waals surface area contributed by atoms with Gasteiger partial charge in [0.25, 0.3) is 0 Å². The van der Waals surface area contributed by atoms with Crippen LogP contribution in [0.25, 0.3) is 16.9 Å². The summed E-state index contributed by atoms with van der Waals surface area (Å²) in [5, 5.41) is 0. The number of pyridine rings is 2. The van der Waals surface area contributed by atoms with E-state index in [2.05, 4.69) is 21.5 Å². The first-order valence-corrected chi connectivity index (χ1v) is 10.7. The average molecular weight is 441 g/mol. The smallest absolute Gasteiger partial charge is 0.245 e. The standard InChI is InChI=1S/C24H23N7O2/c1-2-21(32)30-13-5-6-17(15-30)22-18-10-12-27-24(25)31(18)23(29-22)16-8-9-20(28-14-16)33-19-7-3-4-11-26-19/h2-4,7-12,14,17H,1,5-6,13,15H2,(H2,25,27). The molecule has 4 aromatic rings. The van der Waals surface area contributed by atoms with Gasteiger partial charge in [-0.2, -0.15) is 0 Å². The molecule has 5 rings (SSSR count). The maximum atomic E-state index is 12.2. The molecule has 5 heterocycles. The zero-order chi connectivity index (χ0) is 22.8. The molecule has 0 saturated carbocycles. The SMILES string of the molecule is C=CC(=O)N1CCCC(c2nc(-c3ccc(Oc4ccccn4)nc3)n3c(N)nccc23)C1. The summed E-state index contributed by atoms with van der Waals surface area (Å²) in [5.74, 6) is 1.91. The highest BCUT2D eigenvalue weighted by Gasteiger charge is 2.28. The zero-order valence-electron chi connectivity index (χ0n) is 18.0. The van der Waals surface area contributed by atoms with Crippen LogP contribution in [0.2, 0.25) is 0 Å². The summed E-state index contributed by atoms with van der Waals surface area (Å²) in [7, 11) is 0. The van der Waals surface area contributed by atoms with E-state index >= 15 is 0 Å². The van der Waals surface area contributed by atoms with Gasteiger partial charge in [0.1, 0.15) is 5.82 Å². The molecule has 166 valence electrons. The van der Waals surface area contributed by atoms with Gasteiger partial charge in [0.15, 0.2) is 0 Å². The molecule has 1 atom stereocenters. The number of amides is 1. The second kappa shape index (κ2) is 8.70. The fourth-order valence-electron chi connectivity index (χ4n) is 4.20. The van der Waals surface area contributed by atoms with Gasteiger partial charge in [-0.1, -0.05) is 12.6 Å². The lowest BCUT2D eigenvalue weighted by Gasteiger charge is -2.31. The van der Waals surface area contributed by atoms with Gasteiger partial charge in [-0.3, -0.25) is 9.20 Å². The van der Waals surface area contributed by atoms with Gasteiger partial charge in [0.2, 0.25) is 23.6 Å². The van der Waals surface area contributed by atoms with E-state index in [4.69, 9.17) is 15.5 Å². The minimum atomic E-state index is -0.0580. The lowest BCUT2D eigenvalue weighted by molar-refractivity contribution is -0.127. The fourth-order valence-corrected chi connectivity index (χ4v) is 4.20. The van der Waals surface area contributed by atoms with Crippen LogP contribution in [0.5, 0.6) is 11.8 Å². The average Bonchev–Trinajstić information content (AvgIpc) is 3.26. The normalized spacial score (nSPS) is 16.0. The first kappa shape index (κ1) is 20.6. The van der Waals surface area contributed by atoms with Crippen molar-refractivity contribution in [1.82, 2.24) is 29.2 Å². The van der Waals surface area contributed by atoms with E-state index in [0.717, 1.165) is 36.2 Å². The van der Waals surface area contributed by atoms with Crippen molar-refractivity contribution >= 4 is 17.4 Å². The number of imidazole rings is 1. The topological polar surface area (TPSA) is 112 Å². The second-order valence-corrected chi connectivity index (χ2v) is 7.83. The molecule has 9 heteroatoms. The number of nitrogens with two attached hydrogens (primary N) is 1. The molecule has 1 unspecified atom stereocenters. The molecule has 0 aromatic carbocycles. The minimum Gasteiger partial charge on any atom is -0.421 e. The summed E-state index contributed by atoms with van der Waals surface area (Å²) in [5.41, 5.74) is 8.80. The molecule has 0 aliphatic carbocycles. The molecule has 4 aromatic heterocycles. The van der Waals surface area contributed by atoms with Gasteiger partial charge in [-0.15, -0.1) is 0 Å². The number of nitrogens with zero attached hydrogens (tertiary/aromatic N) is 6. The van der Waals surface area contributed by atoms with Crippen LogP contribution in [0.3, 0.4) is 0 Å². The molecule has 1 fully saturated rings. The molecule has 1 saturated heterocycles. The number of aromatic nitrogens is 5. The zero-order valence-corrected chi connectivity index (χ0v) is 18.0. The molecule has 0 bridgehead atoms. The minimum absolute atomic E-state index is 0.0580. The number of nitrogen functional groups attached to an aromatic ring is 1. The van der Waals surface area contributed by atoms with Gasteiger partial charge < -0.3 is 15.4 Å². The number of rotatable bonds is 5. The third-order valence-electron chi connectivity index (χ3n) is 5.75. The van der Waals surface area contributed by atoms with Crippen LogP contribution in [0.4, 0.5) is 5.95 Å². The lowest BCUT2D eigenvalue weighted by Crippen LogP contribution is -2.38. The predicted octanol–water partition coefficient (Wildman–Crippen LogP) is 3.45. The fraction of sp³-hybridized carbons (Fsp3) is 0.208. The van der Waals surface area contributed by atoms with E-state index in [1.807, 2.05) is 33.6 Å². The van der Waals surface area contributed by atoms with Crippen molar-refractivity contribution in [3.63, 3.8) is 0 Å². The van der Waals surface area contributed by atoms with Gasteiger partial charge in [0, 0.05) is 55.3 Å². The summed E-state index contributed by atoms with van der Waals surface area (Å²) < 4.78 is 7.53. The van der Waals surface area contributed by atoms with Gasteiger partial charge in [-0.05, 0) is 37.1 Å². The summed E-state index contributed by atoms with van der Waals surface area (Å²) in [6.45, 7) is 4.93. The Morgan fingerprint density at radius 3 is 2.76 bits per heavy atom. The second-order valence-electron chi connectivity index (χ2n) is 7.83. The van der Waals surface area contributed by atoms with Crippen molar-refractivity contribution in [2.45, 2.75) is 18.8 Å². The maximum absolute atomic E-state index is 12.2. The van der Waals surface area contributed by atoms with Crippen LogP contribution >= 0.6 is 0 Å². The van der Waals surface area contributed by atoms with E-state index in [1.165, 1.54) is 6.08 Å². The molecule has 9 nitrogen and oxygen atoms in total. The number of carbonyl (C=O) groups excluding carboxylic acids is 1. The van der Waals surface area contributed by atoms with Crippen molar-refractivity contribution in [3.8, 4) is 23.1 Å². The molecule has 2 N–H and O–H groups in total. The number of hydrogen-bond donors (Lipinski definition) is 1. The van der Waals surface area contributed by atoms with E-state index in [9.17, 15) is 4.79 Å². The van der Waals surface area contributed by atoms with Crippen LogP contribution in [0.15, 0.2) is 67.6 Å². The maximum Gasteiger partial charge on any atom is 0.245 e. The third-order valence-corrected chi connectivity index (χ3v) is 5.75. The highest BCUT2D eigenvalue weighted by molar-refractivity contribution is 5.87. The number of carbonyl (C=O) groups is 1. The van der Waals surface area contributed by atoms with Crippen molar-refractivity contribution in [2.75, 3.05) is 18.8 Å². The number of hydrogen-bond acceptors (Lipinski definition) is 7. The lowest BCUT2D eigenvalue weighted by atomic mass is 9.94. The Labute approximate surface area is 190 Å². The number of fused-ring (bicyclic) bond motifs is 1. The summed E-state index contributed by atoms with van der Waals surface area (Å²) in [6, 6.07) is 11.0. The molecule has 0 spiro atoms. The van der Waals surface area contributed by atoms with E-state index in [-0.39, 0.29) is 11.8 Å². The Hall–Kier alpha value is -4.27. The molecular formula is C24H23N7O2. The Morgan fingerprint density at radius 1 is 1.12 bits per heavy atom. The van der Waals surface area contributed by atoms with Crippen LogP contribution in [-0.2, 0) is 4.79 Å². The molecule has 1 aliphatic heterocycles. The Morgan fingerprint density at radius 2 is 2.00 bits per heavy atom. The molecule has 1 amide bonds. The van der Waals surface area contributed by atoms with E-state index in [1.54, 1.807) is 30.7 Å². The summed E-state index contributed by atoms with van der Waals surface area (Å²) in [6.07, 6.45) is 8.23. The van der Waals surface area contributed by atoms with Crippen LogP contribution in [0.1, 0.15) is 24.5 Å². The van der Waals surface area contributed by atoms with Gasteiger partial charge >= 0.3 is 0 Å². The third kappa shape index (κ3) is 4.00. The van der Waals surface area contributed by atoms with E-state index < -0.39 is 0 Å². The van der Waals surface area contributed by atoms with Crippen molar-refractivity contribution in [3.05, 3.63) is 73.3 Å². The van der Waals surface area contributed by atoms with Crippen molar-refractivity contribution in [1.29, 1.82) is 0 Å². The Bertz CT molecular complexity index is 1300. The molecule has 1 aliphatic rings. The highest BCUT2D eigenvalue weighted by Crippen LogP contribution is 2.33.